The zero-order valence-electron chi connectivity index (χ0n) is 14.9. The maximum atomic E-state index is 13.6. The number of benzene rings is 2. The molecule has 5 nitrogen and oxygen atoms in total. The third-order valence-corrected chi connectivity index (χ3v) is 6.25. The third-order valence-electron chi connectivity index (χ3n) is 4.73. The van der Waals surface area contributed by atoms with E-state index < -0.39 is 21.7 Å². The maximum Gasteiger partial charge on any atom is 0.251 e. The van der Waals surface area contributed by atoms with E-state index in [2.05, 4.69) is 10.0 Å². The Morgan fingerprint density at radius 3 is 2.52 bits per heavy atom. The summed E-state index contributed by atoms with van der Waals surface area (Å²) in [6.07, 6.45) is 4.84. The minimum absolute atomic E-state index is 0.0306. The number of nitrogens with one attached hydrogen (secondary N) is 2. The van der Waals surface area contributed by atoms with Gasteiger partial charge in [-0.25, -0.2) is 17.5 Å². The van der Waals surface area contributed by atoms with Crippen molar-refractivity contribution in [3.8, 4) is 0 Å². The standard InChI is InChI=1S/C20H23FN2O3S/c21-19-12-5-4-7-16(19)14-22-20(24)15-8-6-11-18(13-15)27(25,26)23-17-9-2-1-3-10-17/h4-8,11-13,17,23H,1-3,9-10,14H2,(H,22,24). The molecule has 1 saturated carbocycles. The first-order valence-electron chi connectivity index (χ1n) is 9.10. The Morgan fingerprint density at radius 1 is 1.04 bits per heavy atom. The fraction of sp³-hybridized carbons (Fsp3) is 0.350. The molecule has 144 valence electrons. The molecule has 2 N–H and O–H groups in total. The molecule has 7 heteroatoms. The van der Waals surface area contributed by atoms with Crippen molar-refractivity contribution in [2.24, 2.45) is 0 Å². The van der Waals surface area contributed by atoms with Gasteiger partial charge in [0.05, 0.1) is 4.90 Å². The second-order valence-corrected chi connectivity index (χ2v) is 8.47. The SMILES string of the molecule is O=C(NCc1ccccc1F)c1cccc(S(=O)(=O)NC2CCCCC2)c1. The largest absolute Gasteiger partial charge is 0.348 e. The van der Waals surface area contributed by atoms with E-state index in [0.29, 0.717) is 5.56 Å². The molecule has 1 aliphatic rings. The maximum absolute atomic E-state index is 13.6. The van der Waals surface area contributed by atoms with E-state index in [0.717, 1.165) is 32.1 Å². The Morgan fingerprint density at radius 2 is 1.78 bits per heavy atom. The van der Waals surface area contributed by atoms with Crippen molar-refractivity contribution >= 4 is 15.9 Å². The molecule has 27 heavy (non-hydrogen) atoms. The van der Waals surface area contributed by atoms with Crippen LogP contribution >= 0.6 is 0 Å². The highest BCUT2D eigenvalue weighted by atomic mass is 32.2. The van der Waals surface area contributed by atoms with Crippen LogP contribution in [0, 0.1) is 5.82 Å². The van der Waals surface area contributed by atoms with Crippen molar-refractivity contribution in [1.29, 1.82) is 0 Å². The Labute approximate surface area is 159 Å². The van der Waals surface area contributed by atoms with Crippen LogP contribution in [0.5, 0.6) is 0 Å². The molecule has 0 radical (unpaired) electrons. The lowest BCUT2D eigenvalue weighted by atomic mass is 9.96. The van der Waals surface area contributed by atoms with E-state index in [-0.39, 0.29) is 23.0 Å². The summed E-state index contributed by atoms with van der Waals surface area (Å²) in [7, 11) is -3.68. The number of halogens is 1. The molecular formula is C20H23FN2O3S. The Balaban J connectivity index is 1.68. The normalized spacial score (nSPS) is 15.4. The Hall–Kier alpha value is -2.25. The summed E-state index contributed by atoms with van der Waals surface area (Å²) in [5.41, 5.74) is 0.589. The number of carbonyl (C=O) groups is 1. The first kappa shape index (κ1) is 19.5. The number of hydrogen-bond acceptors (Lipinski definition) is 3. The number of sulfonamides is 1. The molecule has 0 spiro atoms. The van der Waals surface area contributed by atoms with Gasteiger partial charge in [-0.1, -0.05) is 43.5 Å². The molecule has 0 aromatic heterocycles. The number of hydrogen-bond donors (Lipinski definition) is 2. The molecule has 1 fully saturated rings. The Kier molecular flexibility index (Phi) is 6.23. The van der Waals surface area contributed by atoms with Crippen molar-refractivity contribution in [2.45, 2.75) is 49.6 Å². The van der Waals surface area contributed by atoms with E-state index >= 15 is 0 Å². The van der Waals surface area contributed by atoms with Crippen LogP contribution in [0.25, 0.3) is 0 Å². The monoisotopic (exact) mass is 390 g/mol. The van der Waals surface area contributed by atoms with Gasteiger partial charge in [-0.15, -0.1) is 0 Å². The van der Waals surface area contributed by atoms with Gasteiger partial charge in [0, 0.05) is 23.7 Å². The second-order valence-electron chi connectivity index (χ2n) is 6.76. The molecule has 3 rings (SSSR count). The van der Waals surface area contributed by atoms with Gasteiger partial charge in [-0.05, 0) is 37.1 Å². The first-order chi connectivity index (χ1) is 13.0. The fourth-order valence-electron chi connectivity index (χ4n) is 3.23. The van der Waals surface area contributed by atoms with Crippen LogP contribution in [0.3, 0.4) is 0 Å². The number of amides is 1. The van der Waals surface area contributed by atoms with Gasteiger partial charge in [0.1, 0.15) is 5.82 Å². The van der Waals surface area contributed by atoms with Crippen LogP contribution in [0.1, 0.15) is 48.0 Å². The predicted molar refractivity (Wildman–Crippen MR) is 101 cm³/mol. The number of carbonyl (C=O) groups excluding carboxylic acids is 1. The van der Waals surface area contributed by atoms with Crippen LogP contribution in [0.4, 0.5) is 4.39 Å². The molecule has 2 aromatic carbocycles. The van der Waals surface area contributed by atoms with Gasteiger partial charge in [-0.2, -0.15) is 0 Å². The zero-order chi connectivity index (χ0) is 19.3. The lowest BCUT2D eigenvalue weighted by molar-refractivity contribution is 0.0950. The summed E-state index contributed by atoms with van der Waals surface area (Å²) in [5.74, 6) is -0.848. The topological polar surface area (TPSA) is 75.3 Å². The van der Waals surface area contributed by atoms with Gasteiger partial charge >= 0.3 is 0 Å². The molecular weight excluding hydrogens is 367 g/mol. The van der Waals surface area contributed by atoms with E-state index in [1.807, 2.05) is 0 Å². The van der Waals surface area contributed by atoms with Crippen molar-refractivity contribution in [3.63, 3.8) is 0 Å². The van der Waals surface area contributed by atoms with Crippen molar-refractivity contribution < 1.29 is 17.6 Å². The average Bonchev–Trinajstić information content (AvgIpc) is 2.68. The van der Waals surface area contributed by atoms with Gasteiger partial charge in [0.2, 0.25) is 10.0 Å². The minimum atomic E-state index is -3.68. The Bertz CT molecular complexity index is 909. The highest BCUT2D eigenvalue weighted by molar-refractivity contribution is 7.89. The van der Waals surface area contributed by atoms with E-state index in [1.165, 1.54) is 30.3 Å². The third kappa shape index (κ3) is 5.14. The molecule has 0 saturated heterocycles. The molecule has 0 aliphatic heterocycles. The van der Waals surface area contributed by atoms with Gasteiger partial charge in [-0.3, -0.25) is 4.79 Å². The summed E-state index contributed by atoms with van der Waals surface area (Å²) in [4.78, 5) is 12.4. The van der Waals surface area contributed by atoms with E-state index in [9.17, 15) is 17.6 Å². The smallest absolute Gasteiger partial charge is 0.251 e. The van der Waals surface area contributed by atoms with Gasteiger partial charge in [0.15, 0.2) is 0 Å². The number of rotatable bonds is 6. The molecule has 1 amide bonds. The molecule has 0 atom stereocenters. The molecule has 0 bridgehead atoms. The molecule has 2 aromatic rings. The summed E-state index contributed by atoms with van der Waals surface area (Å²) >= 11 is 0. The average molecular weight is 390 g/mol. The predicted octanol–water partition coefficient (Wildman–Crippen LogP) is 3.37. The highest BCUT2D eigenvalue weighted by Crippen LogP contribution is 2.20. The summed E-state index contributed by atoms with van der Waals surface area (Å²) in [5, 5.41) is 2.62. The minimum Gasteiger partial charge on any atom is -0.348 e. The molecule has 0 heterocycles. The highest BCUT2D eigenvalue weighted by Gasteiger charge is 2.22. The van der Waals surface area contributed by atoms with Crippen LogP contribution in [0.2, 0.25) is 0 Å². The van der Waals surface area contributed by atoms with Gasteiger partial charge < -0.3 is 5.32 Å². The van der Waals surface area contributed by atoms with Crippen LogP contribution in [-0.4, -0.2) is 20.4 Å². The van der Waals surface area contributed by atoms with Crippen LogP contribution in [-0.2, 0) is 16.6 Å². The molecule has 1 aliphatic carbocycles. The lowest BCUT2D eigenvalue weighted by Crippen LogP contribution is -2.36. The van der Waals surface area contributed by atoms with Crippen LogP contribution < -0.4 is 10.0 Å². The van der Waals surface area contributed by atoms with Crippen molar-refractivity contribution in [1.82, 2.24) is 10.0 Å². The van der Waals surface area contributed by atoms with E-state index in [1.54, 1.807) is 18.2 Å². The lowest BCUT2D eigenvalue weighted by Gasteiger charge is -2.22. The zero-order valence-corrected chi connectivity index (χ0v) is 15.8. The second kappa shape index (κ2) is 8.63. The summed E-state index contributed by atoms with van der Waals surface area (Å²) in [6.45, 7) is 0.0306. The summed E-state index contributed by atoms with van der Waals surface area (Å²) < 4.78 is 41.6. The van der Waals surface area contributed by atoms with Crippen molar-refractivity contribution in [2.75, 3.05) is 0 Å². The van der Waals surface area contributed by atoms with Crippen molar-refractivity contribution in [3.05, 3.63) is 65.5 Å². The quantitative estimate of drug-likeness (QED) is 0.794. The molecule has 0 unspecified atom stereocenters. The first-order valence-corrected chi connectivity index (χ1v) is 10.6. The fourth-order valence-corrected chi connectivity index (χ4v) is 4.58. The summed E-state index contributed by atoms with van der Waals surface area (Å²) in [6, 6.07) is 12.0. The van der Waals surface area contributed by atoms with Gasteiger partial charge in [0.25, 0.3) is 5.91 Å². The van der Waals surface area contributed by atoms with Crippen LogP contribution in [0.15, 0.2) is 53.4 Å². The van der Waals surface area contributed by atoms with E-state index in [4.69, 9.17) is 0 Å².